The third-order valence-electron chi connectivity index (χ3n) is 3.90. The maximum absolute atomic E-state index is 5.40. The maximum Gasteiger partial charge on any atom is 0.227 e. The fourth-order valence-corrected chi connectivity index (χ4v) is 2.59. The van der Waals surface area contributed by atoms with E-state index in [1.165, 1.54) is 0 Å². The molecule has 0 aliphatic carbocycles. The van der Waals surface area contributed by atoms with E-state index in [2.05, 4.69) is 41.1 Å². The number of nitrogens with zero attached hydrogens (tertiary/aromatic N) is 3. The van der Waals surface area contributed by atoms with Crippen molar-refractivity contribution in [2.24, 2.45) is 5.92 Å². The van der Waals surface area contributed by atoms with Crippen molar-refractivity contribution in [2.45, 2.75) is 32.7 Å². The number of methoxy groups -OCH3 is 1. The first-order valence-electron chi connectivity index (χ1n) is 7.32. The lowest BCUT2D eigenvalue weighted by Gasteiger charge is -2.38. The fourth-order valence-electron chi connectivity index (χ4n) is 2.59. The summed E-state index contributed by atoms with van der Waals surface area (Å²) in [7, 11) is 1.71. The molecule has 2 heterocycles. The SMILES string of the molecule is COCC(C)Cc1nc(C(C)(C)N2CCNCC2)no1. The molecule has 0 bridgehead atoms. The predicted octanol–water partition coefficient (Wildman–Crippen LogP) is 1.03. The van der Waals surface area contributed by atoms with E-state index in [1.807, 2.05) is 0 Å². The topological polar surface area (TPSA) is 63.4 Å². The monoisotopic (exact) mass is 282 g/mol. The molecule has 2 rings (SSSR count). The van der Waals surface area contributed by atoms with Crippen molar-refractivity contribution in [1.82, 2.24) is 20.4 Å². The molecule has 0 amide bonds. The summed E-state index contributed by atoms with van der Waals surface area (Å²) in [6, 6.07) is 0. The smallest absolute Gasteiger partial charge is 0.227 e. The number of nitrogens with one attached hydrogen (secondary N) is 1. The zero-order valence-corrected chi connectivity index (χ0v) is 13.0. The second kappa shape index (κ2) is 6.65. The van der Waals surface area contributed by atoms with Gasteiger partial charge in [-0.3, -0.25) is 4.90 Å². The Labute approximate surface area is 120 Å². The van der Waals surface area contributed by atoms with Crippen molar-refractivity contribution in [1.29, 1.82) is 0 Å². The van der Waals surface area contributed by atoms with Crippen molar-refractivity contribution in [3.05, 3.63) is 11.7 Å². The van der Waals surface area contributed by atoms with Gasteiger partial charge < -0.3 is 14.6 Å². The van der Waals surface area contributed by atoms with E-state index in [-0.39, 0.29) is 5.54 Å². The van der Waals surface area contributed by atoms with Gasteiger partial charge in [-0.1, -0.05) is 12.1 Å². The van der Waals surface area contributed by atoms with Crippen LogP contribution in [0.25, 0.3) is 0 Å². The second-order valence-corrected chi connectivity index (χ2v) is 6.07. The number of piperazine rings is 1. The Hall–Kier alpha value is -0.980. The van der Waals surface area contributed by atoms with Gasteiger partial charge >= 0.3 is 0 Å². The summed E-state index contributed by atoms with van der Waals surface area (Å²) in [6.45, 7) is 11.2. The van der Waals surface area contributed by atoms with Crippen LogP contribution >= 0.6 is 0 Å². The first kappa shape index (κ1) is 15.4. The Kier molecular flexibility index (Phi) is 5.12. The van der Waals surface area contributed by atoms with Crippen LogP contribution in [0.4, 0.5) is 0 Å². The zero-order chi connectivity index (χ0) is 14.6. The fraction of sp³-hybridized carbons (Fsp3) is 0.857. The van der Waals surface area contributed by atoms with Gasteiger partial charge in [0.05, 0.1) is 5.54 Å². The van der Waals surface area contributed by atoms with Crippen LogP contribution in [0.15, 0.2) is 4.52 Å². The van der Waals surface area contributed by atoms with Gasteiger partial charge in [0.1, 0.15) is 0 Å². The summed E-state index contributed by atoms with van der Waals surface area (Å²) in [5.74, 6) is 1.86. The summed E-state index contributed by atoms with van der Waals surface area (Å²) >= 11 is 0. The molecule has 1 aliphatic rings. The van der Waals surface area contributed by atoms with Gasteiger partial charge in [0, 0.05) is 46.3 Å². The minimum Gasteiger partial charge on any atom is -0.384 e. The van der Waals surface area contributed by atoms with Crippen molar-refractivity contribution in [3.63, 3.8) is 0 Å². The quantitative estimate of drug-likeness (QED) is 0.841. The van der Waals surface area contributed by atoms with Gasteiger partial charge in [-0.25, -0.2) is 0 Å². The molecule has 0 saturated carbocycles. The van der Waals surface area contributed by atoms with Gasteiger partial charge in [0.15, 0.2) is 5.82 Å². The third-order valence-corrected chi connectivity index (χ3v) is 3.90. The Morgan fingerprint density at radius 1 is 1.40 bits per heavy atom. The molecule has 1 aliphatic heterocycles. The Morgan fingerprint density at radius 2 is 2.10 bits per heavy atom. The van der Waals surface area contributed by atoms with Crippen LogP contribution in [0.3, 0.4) is 0 Å². The van der Waals surface area contributed by atoms with Gasteiger partial charge in [0.2, 0.25) is 5.89 Å². The largest absolute Gasteiger partial charge is 0.384 e. The molecule has 1 atom stereocenters. The van der Waals surface area contributed by atoms with E-state index in [1.54, 1.807) is 7.11 Å². The highest BCUT2D eigenvalue weighted by molar-refractivity contribution is 5.03. The lowest BCUT2D eigenvalue weighted by Crippen LogP contribution is -2.52. The highest BCUT2D eigenvalue weighted by Gasteiger charge is 2.34. The van der Waals surface area contributed by atoms with E-state index < -0.39 is 0 Å². The maximum atomic E-state index is 5.40. The van der Waals surface area contributed by atoms with Crippen LogP contribution in [0.2, 0.25) is 0 Å². The lowest BCUT2D eigenvalue weighted by atomic mass is 10.0. The van der Waals surface area contributed by atoms with Crippen LogP contribution in [-0.4, -0.2) is 54.9 Å². The van der Waals surface area contributed by atoms with Crippen molar-refractivity contribution >= 4 is 0 Å². The van der Waals surface area contributed by atoms with Gasteiger partial charge in [-0.15, -0.1) is 0 Å². The zero-order valence-electron chi connectivity index (χ0n) is 13.0. The molecular weight excluding hydrogens is 256 g/mol. The molecule has 1 saturated heterocycles. The number of hydrogen-bond acceptors (Lipinski definition) is 6. The van der Waals surface area contributed by atoms with Gasteiger partial charge in [0.25, 0.3) is 0 Å². The van der Waals surface area contributed by atoms with Crippen molar-refractivity contribution < 1.29 is 9.26 Å². The molecule has 1 aromatic rings. The number of ether oxygens (including phenoxy) is 1. The molecule has 1 unspecified atom stereocenters. The molecule has 0 aromatic carbocycles. The normalized spacial score (nSPS) is 19.2. The van der Waals surface area contributed by atoms with Crippen LogP contribution in [0.1, 0.15) is 32.5 Å². The van der Waals surface area contributed by atoms with Crippen molar-refractivity contribution in [3.8, 4) is 0 Å². The predicted molar refractivity (Wildman–Crippen MR) is 76.5 cm³/mol. The molecule has 0 radical (unpaired) electrons. The highest BCUT2D eigenvalue weighted by Crippen LogP contribution is 2.25. The second-order valence-electron chi connectivity index (χ2n) is 6.07. The molecule has 1 N–H and O–H groups in total. The average molecular weight is 282 g/mol. The average Bonchev–Trinajstić information content (AvgIpc) is 2.89. The van der Waals surface area contributed by atoms with Crippen molar-refractivity contribution in [2.75, 3.05) is 39.9 Å². The molecule has 114 valence electrons. The summed E-state index contributed by atoms with van der Waals surface area (Å²) in [4.78, 5) is 6.98. The number of hydrogen-bond donors (Lipinski definition) is 1. The van der Waals surface area contributed by atoms with E-state index in [0.29, 0.717) is 18.4 Å². The Balaban J connectivity index is 2.02. The molecule has 20 heavy (non-hydrogen) atoms. The summed E-state index contributed by atoms with van der Waals surface area (Å²) in [6.07, 6.45) is 0.762. The molecule has 1 aromatic heterocycles. The highest BCUT2D eigenvalue weighted by atomic mass is 16.5. The summed E-state index contributed by atoms with van der Waals surface area (Å²) < 4.78 is 10.5. The van der Waals surface area contributed by atoms with Crippen LogP contribution < -0.4 is 5.32 Å². The first-order valence-corrected chi connectivity index (χ1v) is 7.32. The van der Waals surface area contributed by atoms with E-state index in [4.69, 9.17) is 9.26 Å². The first-order chi connectivity index (χ1) is 9.54. The number of rotatable bonds is 6. The van der Waals surface area contributed by atoms with Crippen LogP contribution in [0.5, 0.6) is 0 Å². The molecule has 1 fully saturated rings. The van der Waals surface area contributed by atoms with Gasteiger partial charge in [-0.2, -0.15) is 4.98 Å². The molecule has 6 nitrogen and oxygen atoms in total. The van der Waals surface area contributed by atoms with E-state index >= 15 is 0 Å². The summed E-state index contributed by atoms with van der Waals surface area (Å²) in [5.41, 5.74) is -0.186. The molecule has 0 spiro atoms. The minimum atomic E-state index is -0.186. The minimum absolute atomic E-state index is 0.186. The lowest BCUT2D eigenvalue weighted by molar-refractivity contribution is 0.0924. The third kappa shape index (κ3) is 3.56. The van der Waals surface area contributed by atoms with E-state index in [0.717, 1.165) is 38.4 Å². The number of aromatic nitrogens is 2. The van der Waals surface area contributed by atoms with Crippen LogP contribution in [-0.2, 0) is 16.7 Å². The molecule has 6 heteroatoms. The van der Waals surface area contributed by atoms with Crippen LogP contribution in [0, 0.1) is 5.92 Å². The van der Waals surface area contributed by atoms with E-state index in [9.17, 15) is 0 Å². The Morgan fingerprint density at radius 3 is 2.75 bits per heavy atom. The standard InChI is InChI=1S/C14H26N4O2/c1-11(10-19-4)9-12-16-13(17-20-12)14(2,3)18-7-5-15-6-8-18/h11,15H,5-10H2,1-4H3. The summed E-state index contributed by atoms with van der Waals surface area (Å²) in [5, 5.41) is 7.55. The van der Waals surface area contributed by atoms with Gasteiger partial charge in [-0.05, 0) is 19.8 Å². The Bertz CT molecular complexity index is 413. The molecular formula is C14H26N4O2.